The van der Waals surface area contributed by atoms with Crippen LogP contribution in [0.5, 0.6) is 11.6 Å². The minimum absolute atomic E-state index is 0.0415. The van der Waals surface area contributed by atoms with Gasteiger partial charge in [-0.1, -0.05) is 15.9 Å². The molecule has 4 nitrogen and oxygen atoms in total. The molecule has 1 heterocycles. The Morgan fingerprint density at radius 1 is 1.39 bits per heavy atom. The van der Waals surface area contributed by atoms with Crippen molar-refractivity contribution in [3.05, 3.63) is 52.1 Å². The molecule has 0 amide bonds. The Bertz CT molecular complexity index is 599. The molecule has 0 saturated heterocycles. The summed E-state index contributed by atoms with van der Waals surface area (Å²) < 4.78 is 6.48. The Labute approximate surface area is 112 Å². The minimum atomic E-state index is -1.06. The summed E-state index contributed by atoms with van der Waals surface area (Å²) in [5.41, 5.74) is 0.936. The topological polar surface area (TPSA) is 59.4 Å². The summed E-state index contributed by atoms with van der Waals surface area (Å²) in [6, 6.07) is 8.49. The van der Waals surface area contributed by atoms with E-state index in [0.717, 1.165) is 10.0 Å². The van der Waals surface area contributed by atoms with Crippen LogP contribution in [0.2, 0.25) is 0 Å². The average molecular weight is 308 g/mol. The second-order valence-corrected chi connectivity index (χ2v) is 4.59. The highest BCUT2D eigenvalue weighted by molar-refractivity contribution is 9.10. The number of pyridine rings is 1. The zero-order chi connectivity index (χ0) is 13.1. The Morgan fingerprint density at radius 3 is 2.83 bits per heavy atom. The van der Waals surface area contributed by atoms with Crippen molar-refractivity contribution in [3.63, 3.8) is 0 Å². The number of halogens is 1. The van der Waals surface area contributed by atoms with Gasteiger partial charge in [-0.05, 0) is 42.8 Å². The van der Waals surface area contributed by atoms with Gasteiger partial charge in [-0.3, -0.25) is 0 Å². The lowest BCUT2D eigenvalue weighted by Gasteiger charge is -2.09. The van der Waals surface area contributed by atoms with Gasteiger partial charge in [0, 0.05) is 10.7 Å². The maximum absolute atomic E-state index is 11.0. The van der Waals surface area contributed by atoms with Gasteiger partial charge in [0.25, 0.3) is 0 Å². The van der Waals surface area contributed by atoms with Crippen LogP contribution in [0.15, 0.2) is 41.0 Å². The van der Waals surface area contributed by atoms with Crippen LogP contribution in [0, 0.1) is 6.92 Å². The van der Waals surface area contributed by atoms with Crippen molar-refractivity contribution in [2.45, 2.75) is 6.92 Å². The lowest BCUT2D eigenvalue weighted by Crippen LogP contribution is -2.02. The Kier molecular flexibility index (Phi) is 3.62. The number of hydrogen-bond acceptors (Lipinski definition) is 3. The highest BCUT2D eigenvalue weighted by atomic mass is 79.9. The summed E-state index contributed by atoms with van der Waals surface area (Å²) in [6.45, 7) is 1.88. The Hall–Kier alpha value is -1.88. The number of aromatic nitrogens is 1. The predicted molar refractivity (Wildman–Crippen MR) is 70.1 cm³/mol. The number of ether oxygens (including phenoxy) is 1. The quantitative estimate of drug-likeness (QED) is 0.940. The lowest BCUT2D eigenvalue weighted by molar-refractivity contribution is 0.0693. The second-order valence-electron chi connectivity index (χ2n) is 3.67. The molecule has 0 aliphatic carbocycles. The van der Waals surface area contributed by atoms with E-state index < -0.39 is 5.97 Å². The van der Waals surface area contributed by atoms with Gasteiger partial charge < -0.3 is 9.84 Å². The van der Waals surface area contributed by atoms with Crippen molar-refractivity contribution in [1.29, 1.82) is 0 Å². The van der Waals surface area contributed by atoms with Gasteiger partial charge in [0.1, 0.15) is 11.3 Å². The number of nitrogens with zero attached hydrogens (tertiary/aromatic N) is 1. The van der Waals surface area contributed by atoms with Crippen molar-refractivity contribution in [3.8, 4) is 11.6 Å². The first-order valence-corrected chi connectivity index (χ1v) is 5.99. The van der Waals surface area contributed by atoms with Gasteiger partial charge in [-0.15, -0.1) is 0 Å². The number of aromatic carboxylic acids is 1. The zero-order valence-electron chi connectivity index (χ0n) is 9.55. The van der Waals surface area contributed by atoms with Gasteiger partial charge in [0.2, 0.25) is 5.88 Å². The van der Waals surface area contributed by atoms with Crippen LogP contribution in [0.3, 0.4) is 0 Å². The van der Waals surface area contributed by atoms with Gasteiger partial charge in [0.15, 0.2) is 0 Å². The van der Waals surface area contributed by atoms with Crippen molar-refractivity contribution >= 4 is 21.9 Å². The van der Waals surface area contributed by atoms with Crippen LogP contribution < -0.4 is 4.74 Å². The van der Waals surface area contributed by atoms with E-state index in [1.54, 1.807) is 12.1 Å². The standard InChI is InChI=1S/C13H10BrNO3/c1-8-7-9(14)4-5-11(8)18-12-10(13(16)17)3-2-6-15-12/h2-7H,1H3,(H,16,17). The molecule has 0 radical (unpaired) electrons. The number of rotatable bonds is 3. The van der Waals surface area contributed by atoms with Crippen LogP contribution in [0.25, 0.3) is 0 Å². The molecular weight excluding hydrogens is 298 g/mol. The summed E-state index contributed by atoms with van der Waals surface area (Å²) in [5, 5.41) is 9.03. The molecule has 2 rings (SSSR count). The molecule has 0 saturated carbocycles. The van der Waals surface area contributed by atoms with Crippen molar-refractivity contribution in [2.75, 3.05) is 0 Å². The Morgan fingerprint density at radius 2 is 2.17 bits per heavy atom. The van der Waals surface area contributed by atoms with E-state index in [1.807, 2.05) is 19.1 Å². The monoisotopic (exact) mass is 307 g/mol. The summed E-state index contributed by atoms with van der Waals surface area (Å²) in [7, 11) is 0. The SMILES string of the molecule is Cc1cc(Br)ccc1Oc1ncccc1C(=O)O. The first-order valence-electron chi connectivity index (χ1n) is 5.20. The van der Waals surface area contributed by atoms with E-state index in [2.05, 4.69) is 20.9 Å². The third kappa shape index (κ3) is 2.68. The molecule has 0 unspecified atom stereocenters. The van der Waals surface area contributed by atoms with E-state index in [-0.39, 0.29) is 11.4 Å². The third-order valence-corrected chi connectivity index (χ3v) is 2.84. The third-order valence-electron chi connectivity index (χ3n) is 2.35. The number of aryl methyl sites for hydroxylation is 1. The molecule has 0 fully saturated rings. The van der Waals surface area contributed by atoms with E-state index in [4.69, 9.17) is 9.84 Å². The number of benzene rings is 1. The molecule has 5 heteroatoms. The van der Waals surface area contributed by atoms with Gasteiger partial charge in [-0.2, -0.15) is 0 Å². The first kappa shape index (κ1) is 12.6. The first-order chi connectivity index (χ1) is 8.58. The molecule has 1 N–H and O–H groups in total. The highest BCUT2D eigenvalue weighted by Crippen LogP contribution is 2.28. The highest BCUT2D eigenvalue weighted by Gasteiger charge is 2.13. The van der Waals surface area contributed by atoms with Crippen molar-refractivity contribution in [1.82, 2.24) is 4.98 Å². The molecule has 0 aliphatic heterocycles. The maximum atomic E-state index is 11.0. The largest absolute Gasteiger partial charge is 0.477 e. The van der Waals surface area contributed by atoms with Crippen LogP contribution in [0.4, 0.5) is 0 Å². The number of carboxylic acid groups (broad SMARTS) is 1. The molecule has 0 atom stereocenters. The van der Waals surface area contributed by atoms with Gasteiger partial charge >= 0.3 is 5.97 Å². The van der Waals surface area contributed by atoms with E-state index in [1.165, 1.54) is 12.3 Å². The minimum Gasteiger partial charge on any atom is -0.477 e. The van der Waals surface area contributed by atoms with Crippen molar-refractivity contribution in [2.24, 2.45) is 0 Å². The molecule has 1 aromatic heterocycles. The van der Waals surface area contributed by atoms with Crippen LogP contribution in [-0.4, -0.2) is 16.1 Å². The molecule has 2 aromatic rings. The maximum Gasteiger partial charge on any atom is 0.341 e. The molecule has 0 spiro atoms. The van der Waals surface area contributed by atoms with Crippen LogP contribution in [0.1, 0.15) is 15.9 Å². The number of carbonyl (C=O) groups is 1. The molecule has 18 heavy (non-hydrogen) atoms. The van der Waals surface area contributed by atoms with Crippen molar-refractivity contribution < 1.29 is 14.6 Å². The fourth-order valence-corrected chi connectivity index (χ4v) is 1.94. The fourth-order valence-electron chi connectivity index (χ4n) is 1.47. The summed E-state index contributed by atoms with van der Waals surface area (Å²) in [4.78, 5) is 15.0. The second kappa shape index (κ2) is 5.18. The van der Waals surface area contributed by atoms with E-state index in [9.17, 15) is 4.79 Å². The smallest absolute Gasteiger partial charge is 0.341 e. The van der Waals surface area contributed by atoms with Gasteiger partial charge in [-0.25, -0.2) is 9.78 Å². The molecule has 0 bridgehead atoms. The van der Waals surface area contributed by atoms with Gasteiger partial charge in [0.05, 0.1) is 0 Å². The Balaban J connectivity index is 2.37. The van der Waals surface area contributed by atoms with E-state index in [0.29, 0.717) is 5.75 Å². The number of hydrogen-bond donors (Lipinski definition) is 1. The number of carboxylic acids is 1. The molecule has 92 valence electrons. The predicted octanol–water partition coefficient (Wildman–Crippen LogP) is 3.64. The van der Waals surface area contributed by atoms with E-state index >= 15 is 0 Å². The van der Waals surface area contributed by atoms with Crippen LogP contribution >= 0.6 is 15.9 Å². The normalized spacial score (nSPS) is 10.1. The van der Waals surface area contributed by atoms with Crippen LogP contribution in [-0.2, 0) is 0 Å². The molecular formula is C13H10BrNO3. The molecule has 1 aromatic carbocycles. The summed E-state index contributed by atoms with van der Waals surface area (Å²) in [6.07, 6.45) is 1.50. The lowest BCUT2D eigenvalue weighted by atomic mass is 10.2. The molecule has 0 aliphatic rings. The zero-order valence-corrected chi connectivity index (χ0v) is 11.1. The summed E-state index contributed by atoms with van der Waals surface area (Å²) in [5.74, 6) is -0.386. The fraction of sp³-hybridized carbons (Fsp3) is 0.0769. The average Bonchev–Trinajstić information content (AvgIpc) is 2.33. The summed E-state index contributed by atoms with van der Waals surface area (Å²) >= 11 is 3.35.